The lowest BCUT2D eigenvalue weighted by atomic mass is 9.93. The standard InChI is InChI=1S/C62H41NS/c1-2-15-46(16-3-1)54-40-37-48(53-26-13-20-45-18-5-7-22-51(45)53)41-60(54)63(59-29-10-8-23-55(59)57-27-14-28-58-56-24-9-11-30-61(56)64-62(57)58)49-38-35-43(36-39-49)42-31-33-47(34-32-42)52-25-12-19-44-17-4-6-21-50(44)52/h1-41H. The van der Waals surface area contributed by atoms with Gasteiger partial charge in [-0.2, -0.15) is 0 Å². The Kier molecular flexibility index (Phi) is 9.43. The number of hydrogen-bond acceptors (Lipinski definition) is 2. The van der Waals surface area contributed by atoms with E-state index in [1.54, 1.807) is 0 Å². The molecule has 12 aromatic rings. The Balaban J connectivity index is 1.05. The van der Waals surface area contributed by atoms with Crippen molar-refractivity contribution in [1.82, 2.24) is 0 Å². The highest BCUT2D eigenvalue weighted by atomic mass is 32.1. The van der Waals surface area contributed by atoms with Gasteiger partial charge in [0.15, 0.2) is 0 Å². The van der Waals surface area contributed by atoms with Gasteiger partial charge in [-0.1, -0.05) is 218 Å². The zero-order valence-electron chi connectivity index (χ0n) is 35.0. The topological polar surface area (TPSA) is 3.24 Å². The largest absolute Gasteiger partial charge is 0.309 e. The third-order valence-corrected chi connectivity index (χ3v) is 13.9. The smallest absolute Gasteiger partial charge is 0.0546 e. The maximum Gasteiger partial charge on any atom is 0.0546 e. The summed E-state index contributed by atoms with van der Waals surface area (Å²) in [5, 5.41) is 7.58. The van der Waals surface area contributed by atoms with Crippen LogP contribution in [0, 0.1) is 0 Å². The van der Waals surface area contributed by atoms with Gasteiger partial charge in [-0.05, 0) is 90.8 Å². The number of rotatable bonds is 8. The highest BCUT2D eigenvalue weighted by Crippen LogP contribution is 2.49. The number of fused-ring (bicyclic) bond motifs is 5. The van der Waals surface area contributed by atoms with Gasteiger partial charge in [0.2, 0.25) is 0 Å². The summed E-state index contributed by atoms with van der Waals surface area (Å²) in [7, 11) is 0. The highest BCUT2D eigenvalue weighted by Gasteiger charge is 2.23. The summed E-state index contributed by atoms with van der Waals surface area (Å²) in [6.45, 7) is 0. The lowest BCUT2D eigenvalue weighted by molar-refractivity contribution is 1.28. The number of para-hydroxylation sites is 1. The van der Waals surface area contributed by atoms with Crippen molar-refractivity contribution >= 4 is 70.1 Å². The molecule has 0 bridgehead atoms. The fourth-order valence-corrected chi connectivity index (χ4v) is 10.8. The van der Waals surface area contributed by atoms with E-state index in [-0.39, 0.29) is 0 Å². The minimum atomic E-state index is 1.08. The maximum atomic E-state index is 2.49. The normalized spacial score (nSPS) is 11.4. The van der Waals surface area contributed by atoms with E-state index >= 15 is 0 Å². The van der Waals surface area contributed by atoms with E-state index in [0.29, 0.717) is 0 Å². The van der Waals surface area contributed by atoms with Crippen molar-refractivity contribution < 1.29 is 0 Å². The Morgan fingerprint density at radius 1 is 0.266 bits per heavy atom. The molecule has 2 heteroatoms. The van der Waals surface area contributed by atoms with Crippen LogP contribution in [-0.4, -0.2) is 0 Å². The van der Waals surface area contributed by atoms with Gasteiger partial charge < -0.3 is 4.90 Å². The number of anilines is 3. The number of nitrogens with zero attached hydrogens (tertiary/aromatic N) is 1. The predicted molar refractivity (Wildman–Crippen MR) is 276 cm³/mol. The van der Waals surface area contributed by atoms with Crippen LogP contribution in [0.4, 0.5) is 17.1 Å². The lowest BCUT2D eigenvalue weighted by Crippen LogP contribution is -2.12. The first-order chi connectivity index (χ1) is 31.7. The Morgan fingerprint density at radius 2 is 0.750 bits per heavy atom. The molecule has 11 aromatic carbocycles. The first-order valence-corrected chi connectivity index (χ1v) is 22.7. The van der Waals surface area contributed by atoms with Crippen LogP contribution in [-0.2, 0) is 0 Å². The van der Waals surface area contributed by atoms with Gasteiger partial charge in [0, 0.05) is 42.6 Å². The molecule has 0 aliphatic heterocycles. The Bertz CT molecular complexity index is 3650. The third kappa shape index (κ3) is 6.64. The second-order valence-electron chi connectivity index (χ2n) is 16.4. The minimum absolute atomic E-state index is 1.08. The van der Waals surface area contributed by atoms with Crippen molar-refractivity contribution in [2.75, 3.05) is 4.90 Å². The lowest BCUT2D eigenvalue weighted by Gasteiger charge is -2.31. The van der Waals surface area contributed by atoms with Gasteiger partial charge >= 0.3 is 0 Å². The number of benzene rings is 11. The van der Waals surface area contributed by atoms with Crippen LogP contribution in [0.3, 0.4) is 0 Å². The maximum absolute atomic E-state index is 2.49. The average Bonchev–Trinajstić information content (AvgIpc) is 3.76. The fraction of sp³-hybridized carbons (Fsp3) is 0. The van der Waals surface area contributed by atoms with Crippen LogP contribution in [0.15, 0.2) is 249 Å². The number of thiophene rings is 1. The Labute approximate surface area is 377 Å². The first kappa shape index (κ1) is 37.7. The van der Waals surface area contributed by atoms with Crippen molar-refractivity contribution in [1.29, 1.82) is 0 Å². The van der Waals surface area contributed by atoms with Crippen molar-refractivity contribution in [3.05, 3.63) is 249 Å². The van der Waals surface area contributed by atoms with Crippen molar-refractivity contribution in [2.45, 2.75) is 0 Å². The molecule has 0 saturated heterocycles. The van der Waals surface area contributed by atoms with Gasteiger partial charge in [-0.15, -0.1) is 11.3 Å². The highest BCUT2D eigenvalue weighted by molar-refractivity contribution is 7.26. The summed E-state index contributed by atoms with van der Waals surface area (Å²) in [4.78, 5) is 2.49. The van der Waals surface area contributed by atoms with Gasteiger partial charge in [-0.25, -0.2) is 0 Å². The van der Waals surface area contributed by atoms with Crippen LogP contribution in [0.1, 0.15) is 0 Å². The van der Waals surface area contributed by atoms with Crippen LogP contribution >= 0.6 is 11.3 Å². The Morgan fingerprint density at radius 3 is 1.48 bits per heavy atom. The molecule has 0 N–H and O–H groups in total. The van der Waals surface area contributed by atoms with Crippen molar-refractivity contribution in [3.8, 4) is 55.6 Å². The summed E-state index contributed by atoms with van der Waals surface area (Å²) in [5.74, 6) is 0. The Hall–Kier alpha value is -8.04. The quantitative estimate of drug-likeness (QED) is 0.147. The molecular formula is C62H41NS. The molecule has 0 aliphatic rings. The third-order valence-electron chi connectivity index (χ3n) is 12.7. The molecule has 0 aliphatic carbocycles. The van der Waals surface area contributed by atoms with Crippen LogP contribution in [0.5, 0.6) is 0 Å². The average molecular weight is 832 g/mol. The zero-order chi connectivity index (χ0) is 42.4. The molecule has 300 valence electrons. The monoisotopic (exact) mass is 831 g/mol. The van der Waals surface area contributed by atoms with E-state index in [1.807, 2.05) is 11.3 Å². The molecule has 0 saturated carbocycles. The molecule has 12 rings (SSSR count). The summed E-state index contributed by atoms with van der Waals surface area (Å²) >= 11 is 1.88. The minimum Gasteiger partial charge on any atom is -0.309 e. The predicted octanol–water partition coefficient (Wildman–Crippen LogP) is 18.2. The SMILES string of the molecule is c1ccc(-c2ccc(-c3cccc4ccccc34)cc2N(c2ccc(-c3ccc(-c4cccc5ccccc45)cc3)cc2)c2ccccc2-c2cccc3c2sc2ccccc23)cc1. The van der Waals surface area contributed by atoms with Gasteiger partial charge in [0.1, 0.15) is 0 Å². The molecule has 1 heterocycles. The second-order valence-corrected chi connectivity index (χ2v) is 17.5. The van der Waals surface area contributed by atoms with E-state index in [0.717, 1.165) is 22.6 Å². The number of hydrogen-bond donors (Lipinski definition) is 0. The van der Waals surface area contributed by atoms with E-state index in [9.17, 15) is 0 Å². The molecule has 1 aromatic heterocycles. The zero-order valence-corrected chi connectivity index (χ0v) is 35.8. The van der Waals surface area contributed by atoms with Gasteiger partial charge in [-0.3, -0.25) is 0 Å². The summed E-state index contributed by atoms with van der Waals surface area (Å²) in [5.41, 5.74) is 15.3. The summed E-state index contributed by atoms with van der Waals surface area (Å²) in [6, 6.07) is 91.0. The second kappa shape index (κ2) is 16.0. The van der Waals surface area contributed by atoms with Gasteiger partial charge in [0.25, 0.3) is 0 Å². The van der Waals surface area contributed by atoms with Crippen LogP contribution in [0.25, 0.3) is 97.4 Å². The molecule has 0 radical (unpaired) electrons. The molecule has 0 amide bonds. The van der Waals surface area contributed by atoms with Gasteiger partial charge in [0.05, 0.1) is 11.4 Å². The molecule has 0 atom stereocenters. The molecular weight excluding hydrogens is 791 g/mol. The van der Waals surface area contributed by atoms with E-state index in [1.165, 1.54) is 91.8 Å². The molecule has 0 unspecified atom stereocenters. The van der Waals surface area contributed by atoms with E-state index in [4.69, 9.17) is 0 Å². The van der Waals surface area contributed by atoms with Crippen molar-refractivity contribution in [3.63, 3.8) is 0 Å². The van der Waals surface area contributed by atoms with E-state index in [2.05, 4.69) is 254 Å². The van der Waals surface area contributed by atoms with Crippen molar-refractivity contribution in [2.24, 2.45) is 0 Å². The first-order valence-electron chi connectivity index (χ1n) is 21.9. The van der Waals surface area contributed by atoms with Crippen LogP contribution in [0.2, 0.25) is 0 Å². The molecule has 0 spiro atoms. The molecule has 0 fully saturated rings. The fourth-order valence-electron chi connectivity index (χ4n) is 9.61. The van der Waals surface area contributed by atoms with Crippen LogP contribution < -0.4 is 4.90 Å². The summed E-state index contributed by atoms with van der Waals surface area (Å²) in [6.07, 6.45) is 0. The summed E-state index contributed by atoms with van der Waals surface area (Å²) < 4.78 is 2.60. The van der Waals surface area contributed by atoms with E-state index < -0.39 is 0 Å². The molecule has 64 heavy (non-hydrogen) atoms. The molecule has 1 nitrogen and oxygen atoms in total.